The van der Waals surface area contributed by atoms with Crippen molar-refractivity contribution in [2.24, 2.45) is 0 Å². The third kappa shape index (κ3) is 5.05. The molecule has 6 nitrogen and oxygen atoms in total. The lowest BCUT2D eigenvalue weighted by Crippen LogP contribution is -2.32. The van der Waals surface area contributed by atoms with Gasteiger partial charge in [0.1, 0.15) is 10.6 Å². The molecule has 1 aliphatic heterocycles. The number of rotatable bonds is 7. The molecule has 0 aromatic heterocycles. The molecule has 0 radical (unpaired) electrons. The summed E-state index contributed by atoms with van der Waals surface area (Å²) in [4.78, 5) is 41.3. The molecule has 1 heterocycles. The summed E-state index contributed by atoms with van der Waals surface area (Å²) in [7, 11) is 0. The SMILES string of the molecule is Cc1cccc(NC2=C(Sc3ccccc3)C(=O)N(c3ccc(C(=O)OC(C)C)cc3)C2=O)c1. The lowest BCUT2D eigenvalue weighted by molar-refractivity contribution is -0.120. The van der Waals surface area contributed by atoms with Crippen LogP contribution in [0.25, 0.3) is 0 Å². The van der Waals surface area contributed by atoms with Crippen molar-refractivity contribution in [3.05, 3.63) is 101 Å². The Hall–Kier alpha value is -3.84. The molecule has 2 amide bonds. The van der Waals surface area contributed by atoms with Gasteiger partial charge in [0, 0.05) is 10.6 Å². The number of nitrogens with zero attached hydrogens (tertiary/aromatic N) is 1. The topological polar surface area (TPSA) is 75.7 Å². The maximum atomic E-state index is 13.5. The predicted octanol–water partition coefficient (Wildman–Crippen LogP) is 5.55. The molecular formula is C27H24N2O4S. The third-order valence-electron chi connectivity index (χ3n) is 5.00. The van der Waals surface area contributed by atoms with Crippen molar-refractivity contribution in [3.8, 4) is 0 Å². The molecule has 0 spiro atoms. The van der Waals surface area contributed by atoms with Crippen molar-refractivity contribution < 1.29 is 19.1 Å². The normalized spacial score (nSPS) is 13.6. The second kappa shape index (κ2) is 9.97. The van der Waals surface area contributed by atoms with E-state index in [0.29, 0.717) is 16.2 Å². The molecule has 3 aromatic rings. The van der Waals surface area contributed by atoms with Crippen LogP contribution in [-0.2, 0) is 14.3 Å². The van der Waals surface area contributed by atoms with Gasteiger partial charge in [-0.05, 0) is 74.9 Å². The number of amides is 2. The highest BCUT2D eigenvalue weighted by molar-refractivity contribution is 8.04. The van der Waals surface area contributed by atoms with Gasteiger partial charge in [0.2, 0.25) is 0 Å². The molecule has 172 valence electrons. The zero-order valence-electron chi connectivity index (χ0n) is 19.1. The first-order chi connectivity index (χ1) is 16.3. The summed E-state index contributed by atoms with van der Waals surface area (Å²) in [5.41, 5.74) is 2.69. The molecule has 4 rings (SSSR count). The Labute approximate surface area is 202 Å². The highest BCUT2D eigenvalue weighted by Crippen LogP contribution is 2.37. The number of nitrogens with one attached hydrogen (secondary N) is 1. The summed E-state index contributed by atoms with van der Waals surface area (Å²) in [6.07, 6.45) is -0.245. The van der Waals surface area contributed by atoms with Gasteiger partial charge >= 0.3 is 5.97 Å². The largest absolute Gasteiger partial charge is 0.459 e. The number of carbonyl (C=O) groups excluding carboxylic acids is 3. The van der Waals surface area contributed by atoms with Crippen LogP contribution < -0.4 is 10.2 Å². The van der Waals surface area contributed by atoms with Gasteiger partial charge in [-0.15, -0.1) is 0 Å². The minimum atomic E-state index is -0.458. The van der Waals surface area contributed by atoms with E-state index in [0.717, 1.165) is 21.0 Å². The van der Waals surface area contributed by atoms with Crippen LogP contribution in [0.4, 0.5) is 11.4 Å². The second-order valence-electron chi connectivity index (χ2n) is 8.06. The van der Waals surface area contributed by atoms with Crippen LogP contribution in [0.3, 0.4) is 0 Å². The number of hydrogen-bond acceptors (Lipinski definition) is 6. The fourth-order valence-electron chi connectivity index (χ4n) is 3.45. The predicted molar refractivity (Wildman–Crippen MR) is 134 cm³/mol. The summed E-state index contributed by atoms with van der Waals surface area (Å²) < 4.78 is 5.21. The van der Waals surface area contributed by atoms with E-state index in [-0.39, 0.29) is 11.8 Å². The van der Waals surface area contributed by atoms with Crippen LogP contribution in [0.5, 0.6) is 0 Å². The van der Waals surface area contributed by atoms with Crippen molar-refractivity contribution >= 4 is 40.9 Å². The van der Waals surface area contributed by atoms with E-state index in [1.54, 1.807) is 38.1 Å². The Balaban J connectivity index is 1.67. The number of hydrogen-bond donors (Lipinski definition) is 1. The van der Waals surface area contributed by atoms with Crippen LogP contribution in [0.2, 0.25) is 0 Å². The lowest BCUT2D eigenvalue weighted by atomic mass is 10.2. The van der Waals surface area contributed by atoms with Crippen molar-refractivity contribution in [2.45, 2.75) is 31.8 Å². The molecule has 1 N–H and O–H groups in total. The van der Waals surface area contributed by atoms with E-state index < -0.39 is 17.8 Å². The van der Waals surface area contributed by atoms with E-state index in [4.69, 9.17) is 4.74 Å². The van der Waals surface area contributed by atoms with Crippen molar-refractivity contribution in [2.75, 3.05) is 10.2 Å². The Kier molecular flexibility index (Phi) is 6.84. The lowest BCUT2D eigenvalue weighted by Gasteiger charge is -2.16. The quantitative estimate of drug-likeness (QED) is 0.359. The van der Waals surface area contributed by atoms with E-state index >= 15 is 0 Å². The highest BCUT2D eigenvalue weighted by Gasteiger charge is 2.40. The fraction of sp³-hybridized carbons (Fsp3) is 0.148. The molecule has 0 atom stereocenters. The van der Waals surface area contributed by atoms with Gasteiger partial charge in [-0.2, -0.15) is 0 Å². The second-order valence-corrected chi connectivity index (χ2v) is 9.14. The highest BCUT2D eigenvalue weighted by atomic mass is 32.2. The molecule has 0 aliphatic carbocycles. The number of benzene rings is 3. The van der Waals surface area contributed by atoms with Gasteiger partial charge in [-0.1, -0.05) is 42.1 Å². The van der Waals surface area contributed by atoms with Crippen molar-refractivity contribution in [1.29, 1.82) is 0 Å². The molecular weight excluding hydrogens is 448 g/mol. The zero-order chi connectivity index (χ0) is 24.2. The van der Waals surface area contributed by atoms with Crippen molar-refractivity contribution in [1.82, 2.24) is 0 Å². The van der Waals surface area contributed by atoms with Crippen LogP contribution in [-0.4, -0.2) is 23.9 Å². The minimum absolute atomic E-state index is 0.216. The molecule has 0 saturated carbocycles. The summed E-state index contributed by atoms with van der Waals surface area (Å²) >= 11 is 1.24. The van der Waals surface area contributed by atoms with Gasteiger partial charge < -0.3 is 10.1 Å². The molecule has 0 bridgehead atoms. The fourth-order valence-corrected chi connectivity index (χ4v) is 4.40. The number of thioether (sulfide) groups is 1. The first kappa shape index (κ1) is 23.3. The van der Waals surface area contributed by atoms with Gasteiger partial charge in [0.15, 0.2) is 0 Å². The van der Waals surface area contributed by atoms with E-state index in [2.05, 4.69) is 5.32 Å². The first-order valence-corrected chi connectivity index (χ1v) is 11.7. The van der Waals surface area contributed by atoms with E-state index in [1.807, 2.05) is 61.5 Å². The zero-order valence-corrected chi connectivity index (χ0v) is 19.9. The van der Waals surface area contributed by atoms with Gasteiger partial charge in [-0.3, -0.25) is 9.59 Å². The first-order valence-electron chi connectivity index (χ1n) is 10.8. The summed E-state index contributed by atoms with van der Waals surface area (Å²) in [5, 5.41) is 3.16. The van der Waals surface area contributed by atoms with Crippen LogP contribution in [0.15, 0.2) is 94.4 Å². The van der Waals surface area contributed by atoms with Gasteiger partial charge in [0.05, 0.1) is 17.4 Å². The summed E-state index contributed by atoms with van der Waals surface area (Å²) in [5.74, 6) is -1.34. The number of ether oxygens (including phenoxy) is 1. The summed E-state index contributed by atoms with van der Waals surface area (Å²) in [6.45, 7) is 5.50. The molecule has 0 fully saturated rings. The average molecular weight is 473 g/mol. The van der Waals surface area contributed by atoms with Crippen LogP contribution in [0.1, 0.15) is 29.8 Å². The molecule has 1 aliphatic rings. The molecule has 3 aromatic carbocycles. The van der Waals surface area contributed by atoms with E-state index in [9.17, 15) is 14.4 Å². The minimum Gasteiger partial charge on any atom is -0.459 e. The molecule has 0 saturated heterocycles. The Morgan fingerprint density at radius 1 is 0.912 bits per heavy atom. The Bertz CT molecular complexity index is 1270. The molecule has 34 heavy (non-hydrogen) atoms. The number of anilines is 2. The number of imide groups is 1. The Morgan fingerprint density at radius 3 is 2.26 bits per heavy atom. The maximum Gasteiger partial charge on any atom is 0.338 e. The van der Waals surface area contributed by atoms with Crippen molar-refractivity contribution in [3.63, 3.8) is 0 Å². The van der Waals surface area contributed by atoms with Crippen LogP contribution >= 0.6 is 11.8 Å². The summed E-state index contributed by atoms with van der Waals surface area (Å²) in [6, 6.07) is 23.3. The number of esters is 1. The number of aryl methyl sites for hydroxylation is 1. The Morgan fingerprint density at radius 2 is 1.62 bits per heavy atom. The average Bonchev–Trinajstić information content (AvgIpc) is 3.03. The number of carbonyl (C=O) groups is 3. The third-order valence-corrected chi connectivity index (χ3v) is 6.09. The smallest absolute Gasteiger partial charge is 0.338 e. The maximum absolute atomic E-state index is 13.5. The van der Waals surface area contributed by atoms with Gasteiger partial charge in [-0.25, -0.2) is 9.69 Å². The van der Waals surface area contributed by atoms with E-state index in [1.165, 1.54) is 11.8 Å². The van der Waals surface area contributed by atoms with Crippen LogP contribution in [0, 0.1) is 6.92 Å². The standard InChI is InChI=1S/C27H24N2O4S/c1-17(2)33-27(32)19-12-14-21(15-13-19)29-25(30)23(28-20-9-7-8-18(3)16-20)24(26(29)31)34-22-10-5-4-6-11-22/h4-17,28H,1-3H3. The van der Waals surface area contributed by atoms with Gasteiger partial charge in [0.25, 0.3) is 11.8 Å². The monoisotopic (exact) mass is 472 g/mol. The molecule has 7 heteroatoms. The molecule has 0 unspecified atom stereocenters.